The highest BCUT2D eigenvalue weighted by atomic mass is 32.1. The largest absolute Gasteiger partial charge is 0.416 e. The third kappa shape index (κ3) is 5.09. The van der Waals surface area contributed by atoms with Gasteiger partial charge in [0.05, 0.1) is 5.56 Å². The van der Waals surface area contributed by atoms with Crippen molar-refractivity contribution in [2.75, 3.05) is 6.54 Å². The van der Waals surface area contributed by atoms with E-state index in [0.717, 1.165) is 17.0 Å². The molecule has 0 aliphatic heterocycles. The van der Waals surface area contributed by atoms with Crippen molar-refractivity contribution in [2.45, 2.75) is 38.3 Å². The second-order valence-corrected chi connectivity index (χ2v) is 7.35. The maximum atomic E-state index is 12.8. The molecule has 2 aromatic rings. The van der Waals surface area contributed by atoms with Crippen molar-refractivity contribution in [3.8, 4) is 0 Å². The summed E-state index contributed by atoms with van der Waals surface area (Å²) in [5, 5.41) is 4.79. The van der Waals surface area contributed by atoms with Crippen molar-refractivity contribution in [1.82, 2.24) is 5.32 Å². The summed E-state index contributed by atoms with van der Waals surface area (Å²) in [6.45, 7) is 3.93. The summed E-state index contributed by atoms with van der Waals surface area (Å²) in [5.74, 6) is -0.0940. The molecule has 0 atom stereocenters. The van der Waals surface area contributed by atoms with Gasteiger partial charge in [-0.1, -0.05) is 38.1 Å². The molecule has 1 amide bonds. The zero-order chi connectivity index (χ0) is 17.8. The molecule has 2 nitrogen and oxygen atoms in total. The van der Waals surface area contributed by atoms with Crippen LogP contribution in [-0.4, -0.2) is 12.5 Å². The fourth-order valence-electron chi connectivity index (χ4n) is 2.32. The van der Waals surface area contributed by atoms with Crippen LogP contribution in [-0.2, 0) is 22.8 Å². The van der Waals surface area contributed by atoms with Crippen molar-refractivity contribution in [3.05, 3.63) is 57.8 Å². The Morgan fingerprint density at radius 2 is 1.83 bits per heavy atom. The lowest BCUT2D eigenvalue weighted by atomic mass is 9.83. The Balaban J connectivity index is 1.94. The molecule has 0 aliphatic rings. The van der Waals surface area contributed by atoms with Crippen LogP contribution in [0.4, 0.5) is 13.2 Å². The highest BCUT2D eigenvalue weighted by Gasteiger charge is 2.32. The molecule has 24 heavy (non-hydrogen) atoms. The molecule has 1 N–H and O–H groups in total. The predicted octanol–water partition coefficient (Wildman–Crippen LogP) is 4.79. The van der Waals surface area contributed by atoms with Gasteiger partial charge in [0.1, 0.15) is 0 Å². The van der Waals surface area contributed by atoms with E-state index in [4.69, 9.17) is 0 Å². The van der Waals surface area contributed by atoms with Crippen molar-refractivity contribution in [2.24, 2.45) is 0 Å². The molecule has 6 heteroatoms. The summed E-state index contributed by atoms with van der Waals surface area (Å²) in [5.41, 5.74) is -0.701. The van der Waals surface area contributed by atoms with Crippen LogP contribution in [0.5, 0.6) is 0 Å². The number of hydrogen-bond donors (Lipinski definition) is 1. The molecule has 2 rings (SSSR count). The lowest BCUT2D eigenvalue weighted by Crippen LogP contribution is -2.36. The summed E-state index contributed by atoms with van der Waals surface area (Å²) >= 11 is 1.60. The average molecular weight is 355 g/mol. The number of halogens is 3. The molecule has 0 fully saturated rings. The van der Waals surface area contributed by atoms with E-state index in [1.807, 2.05) is 31.4 Å². The van der Waals surface area contributed by atoms with Gasteiger partial charge < -0.3 is 5.32 Å². The zero-order valence-electron chi connectivity index (χ0n) is 13.6. The lowest BCUT2D eigenvalue weighted by molar-refractivity contribution is -0.137. The van der Waals surface area contributed by atoms with Gasteiger partial charge in [-0.2, -0.15) is 13.2 Å². The smallest absolute Gasteiger partial charge is 0.355 e. The summed E-state index contributed by atoms with van der Waals surface area (Å²) in [6.07, 6.45) is -3.32. The number of nitrogens with one attached hydrogen (secondary N) is 1. The Bertz CT molecular complexity index is 678. The minimum Gasteiger partial charge on any atom is -0.355 e. The molecule has 0 saturated heterocycles. The first kappa shape index (κ1) is 18.5. The predicted molar refractivity (Wildman–Crippen MR) is 90.1 cm³/mol. The van der Waals surface area contributed by atoms with Crippen molar-refractivity contribution in [1.29, 1.82) is 0 Å². The molecule has 0 bridgehead atoms. The third-order valence-corrected chi connectivity index (χ3v) is 4.81. The molecule has 0 aliphatic carbocycles. The van der Waals surface area contributed by atoms with Crippen LogP contribution < -0.4 is 5.32 Å². The lowest BCUT2D eigenvalue weighted by Gasteiger charge is -2.26. The van der Waals surface area contributed by atoms with E-state index in [1.54, 1.807) is 17.4 Å². The maximum Gasteiger partial charge on any atom is 0.416 e. The number of thiophene rings is 1. The zero-order valence-corrected chi connectivity index (χ0v) is 14.4. The first-order chi connectivity index (χ1) is 11.2. The van der Waals surface area contributed by atoms with Gasteiger partial charge in [0.25, 0.3) is 0 Å². The van der Waals surface area contributed by atoms with Crippen molar-refractivity contribution < 1.29 is 18.0 Å². The van der Waals surface area contributed by atoms with Crippen LogP contribution in [0.3, 0.4) is 0 Å². The Kier molecular flexibility index (Phi) is 5.70. The number of carbonyl (C=O) groups is 1. The van der Waals surface area contributed by atoms with Crippen LogP contribution in [0.2, 0.25) is 0 Å². The van der Waals surface area contributed by atoms with E-state index in [2.05, 4.69) is 5.32 Å². The van der Waals surface area contributed by atoms with E-state index >= 15 is 0 Å². The Labute approximate surface area is 143 Å². The number of benzene rings is 1. The molecule has 0 saturated carbocycles. The van der Waals surface area contributed by atoms with Gasteiger partial charge in [-0.05, 0) is 29.5 Å². The van der Waals surface area contributed by atoms with E-state index in [1.165, 1.54) is 6.07 Å². The molecule has 0 spiro atoms. The fourth-order valence-corrected chi connectivity index (χ4v) is 3.03. The molecule has 1 aromatic carbocycles. The van der Waals surface area contributed by atoms with E-state index < -0.39 is 17.2 Å². The number of rotatable bonds is 6. The maximum absolute atomic E-state index is 12.8. The minimum absolute atomic E-state index is 0.0940. The summed E-state index contributed by atoms with van der Waals surface area (Å²) < 4.78 is 38.5. The normalized spacial score (nSPS) is 12.2. The first-order valence-corrected chi connectivity index (χ1v) is 8.53. The molecular weight excluding hydrogens is 335 g/mol. The minimum atomic E-state index is -4.37. The van der Waals surface area contributed by atoms with E-state index in [0.29, 0.717) is 18.4 Å². The third-order valence-electron chi connectivity index (χ3n) is 3.88. The molecule has 1 aromatic heterocycles. The SMILES string of the molecule is CC(C)(CNC(=O)CCc1cccs1)c1cccc(C(F)(F)F)c1. The van der Waals surface area contributed by atoms with Gasteiger partial charge in [-0.3, -0.25) is 4.79 Å². The molecular formula is C18H20F3NOS. The van der Waals surface area contributed by atoms with Crippen LogP contribution in [0, 0.1) is 0 Å². The monoisotopic (exact) mass is 355 g/mol. The fraction of sp³-hybridized carbons (Fsp3) is 0.389. The number of aryl methyl sites for hydroxylation is 1. The quantitative estimate of drug-likeness (QED) is 0.793. The second-order valence-electron chi connectivity index (χ2n) is 6.32. The van der Waals surface area contributed by atoms with Crippen LogP contribution >= 0.6 is 11.3 Å². The van der Waals surface area contributed by atoms with Crippen molar-refractivity contribution in [3.63, 3.8) is 0 Å². The first-order valence-electron chi connectivity index (χ1n) is 7.65. The van der Waals surface area contributed by atoms with Gasteiger partial charge >= 0.3 is 6.18 Å². The van der Waals surface area contributed by atoms with Gasteiger partial charge in [-0.25, -0.2) is 0 Å². The Hall–Kier alpha value is -1.82. The number of amides is 1. The van der Waals surface area contributed by atoms with Gasteiger partial charge in [0, 0.05) is 23.3 Å². The molecule has 0 radical (unpaired) electrons. The van der Waals surface area contributed by atoms with Crippen molar-refractivity contribution >= 4 is 17.2 Å². The Morgan fingerprint density at radius 3 is 2.46 bits per heavy atom. The highest BCUT2D eigenvalue weighted by Crippen LogP contribution is 2.32. The summed E-state index contributed by atoms with van der Waals surface area (Å²) in [6, 6.07) is 9.18. The topological polar surface area (TPSA) is 29.1 Å². The van der Waals surface area contributed by atoms with Gasteiger partial charge in [0.15, 0.2) is 0 Å². The van der Waals surface area contributed by atoms with Crippen LogP contribution in [0.15, 0.2) is 41.8 Å². The summed E-state index contributed by atoms with van der Waals surface area (Å²) in [4.78, 5) is 13.1. The molecule has 130 valence electrons. The van der Waals surface area contributed by atoms with Gasteiger partial charge in [-0.15, -0.1) is 11.3 Å². The highest BCUT2D eigenvalue weighted by molar-refractivity contribution is 7.09. The van der Waals surface area contributed by atoms with Gasteiger partial charge in [0.2, 0.25) is 5.91 Å². The van der Waals surface area contributed by atoms with E-state index in [9.17, 15) is 18.0 Å². The standard InChI is InChI=1S/C18H20F3NOS/c1-17(2,13-5-3-6-14(11-13)18(19,20)21)12-22-16(23)9-8-15-7-4-10-24-15/h3-7,10-11H,8-9,12H2,1-2H3,(H,22,23). The molecule has 1 heterocycles. The van der Waals surface area contributed by atoms with Crippen LogP contribution in [0.25, 0.3) is 0 Å². The van der Waals surface area contributed by atoms with E-state index in [-0.39, 0.29) is 12.5 Å². The number of carbonyl (C=O) groups excluding carboxylic acids is 1. The average Bonchev–Trinajstić information content (AvgIpc) is 3.04. The second kappa shape index (κ2) is 7.38. The Morgan fingerprint density at radius 1 is 1.12 bits per heavy atom. The van der Waals surface area contributed by atoms with Crippen LogP contribution in [0.1, 0.15) is 36.3 Å². The molecule has 0 unspecified atom stereocenters. The number of alkyl halides is 3. The number of hydrogen-bond acceptors (Lipinski definition) is 2. The summed E-state index contributed by atoms with van der Waals surface area (Å²) in [7, 11) is 0.